The predicted molar refractivity (Wildman–Crippen MR) is 76.3 cm³/mol. The van der Waals surface area contributed by atoms with Gasteiger partial charge < -0.3 is 9.47 Å². The molecule has 1 spiro atoms. The molecule has 20 heavy (non-hydrogen) atoms. The van der Waals surface area contributed by atoms with Crippen molar-refractivity contribution in [3.8, 4) is 5.75 Å². The lowest BCUT2D eigenvalue weighted by Gasteiger charge is -2.44. The van der Waals surface area contributed by atoms with Crippen molar-refractivity contribution in [2.75, 3.05) is 27.8 Å². The molecule has 3 rings (SSSR count). The monoisotopic (exact) mass is 275 g/mol. The number of carbonyl (C=O) groups excluding carboxylic acids is 1. The Labute approximate surface area is 119 Å². The van der Waals surface area contributed by atoms with Crippen molar-refractivity contribution < 1.29 is 14.3 Å². The molecule has 0 radical (unpaired) electrons. The predicted octanol–water partition coefficient (Wildman–Crippen LogP) is 2.43. The topological polar surface area (TPSA) is 38.8 Å². The van der Waals surface area contributed by atoms with E-state index in [1.165, 1.54) is 0 Å². The highest BCUT2D eigenvalue weighted by Gasteiger charge is 2.57. The number of methoxy groups -OCH3 is 2. The highest BCUT2D eigenvalue weighted by molar-refractivity contribution is 6.10. The standard InChI is InChI=1S/C16H21NO3/c1-17-10-5-4-9-16(17)14(18)13-11(15(16)20-3)7-6-8-12(13)19-2/h6-8,15H,4-5,9-10H2,1-3H3/t15-,16+/m0/s1. The minimum atomic E-state index is -0.552. The van der Waals surface area contributed by atoms with Crippen LogP contribution in [0.4, 0.5) is 0 Å². The number of fused-ring (bicyclic) bond motifs is 1. The fourth-order valence-corrected chi connectivity index (χ4v) is 3.85. The summed E-state index contributed by atoms with van der Waals surface area (Å²) in [6.07, 6.45) is 2.84. The minimum Gasteiger partial charge on any atom is -0.496 e. The third-order valence-corrected chi connectivity index (χ3v) is 4.83. The van der Waals surface area contributed by atoms with E-state index in [4.69, 9.17) is 9.47 Å². The van der Waals surface area contributed by atoms with Gasteiger partial charge in [-0.25, -0.2) is 0 Å². The molecule has 0 N–H and O–H groups in total. The van der Waals surface area contributed by atoms with Gasteiger partial charge in [-0.15, -0.1) is 0 Å². The number of hydrogen-bond acceptors (Lipinski definition) is 4. The number of rotatable bonds is 2. The molecule has 1 heterocycles. The molecule has 1 aromatic rings. The zero-order chi connectivity index (χ0) is 14.3. The average Bonchev–Trinajstić information content (AvgIpc) is 2.72. The van der Waals surface area contributed by atoms with Crippen molar-refractivity contribution >= 4 is 5.78 Å². The summed E-state index contributed by atoms with van der Waals surface area (Å²) in [6, 6.07) is 5.77. The first-order chi connectivity index (χ1) is 9.66. The van der Waals surface area contributed by atoms with Crippen molar-refractivity contribution in [2.24, 2.45) is 0 Å². The second-order valence-electron chi connectivity index (χ2n) is 5.67. The number of piperidine rings is 1. The highest BCUT2D eigenvalue weighted by Crippen LogP contribution is 2.51. The number of ether oxygens (including phenoxy) is 2. The molecule has 4 heteroatoms. The van der Waals surface area contributed by atoms with Crippen LogP contribution in [0.15, 0.2) is 18.2 Å². The summed E-state index contributed by atoms with van der Waals surface area (Å²) >= 11 is 0. The fourth-order valence-electron chi connectivity index (χ4n) is 3.85. The summed E-state index contributed by atoms with van der Waals surface area (Å²) < 4.78 is 11.1. The number of hydrogen-bond donors (Lipinski definition) is 0. The van der Waals surface area contributed by atoms with Crippen LogP contribution >= 0.6 is 0 Å². The quantitative estimate of drug-likeness (QED) is 0.831. The molecule has 1 aliphatic heterocycles. The Kier molecular flexibility index (Phi) is 3.30. The molecular weight excluding hydrogens is 254 g/mol. The zero-order valence-electron chi connectivity index (χ0n) is 12.3. The van der Waals surface area contributed by atoms with Crippen LogP contribution in [-0.4, -0.2) is 44.0 Å². The molecular formula is C16H21NO3. The molecule has 1 saturated heterocycles. The Balaban J connectivity index is 2.18. The van der Waals surface area contributed by atoms with E-state index < -0.39 is 5.54 Å². The molecule has 0 aromatic heterocycles. The van der Waals surface area contributed by atoms with E-state index in [1.807, 2.05) is 25.2 Å². The molecule has 0 amide bonds. The van der Waals surface area contributed by atoms with Gasteiger partial charge in [0.25, 0.3) is 0 Å². The molecule has 108 valence electrons. The van der Waals surface area contributed by atoms with E-state index in [-0.39, 0.29) is 11.9 Å². The first kappa shape index (κ1) is 13.6. The SMILES string of the molecule is COc1cccc2c1C(=O)[C@]1(CCCCN1C)[C@H]2OC. The van der Waals surface area contributed by atoms with Crippen LogP contribution in [0.1, 0.15) is 41.3 Å². The summed E-state index contributed by atoms with van der Waals surface area (Å²) in [6.45, 7) is 0.932. The van der Waals surface area contributed by atoms with Crippen LogP contribution in [0.25, 0.3) is 0 Å². The highest BCUT2D eigenvalue weighted by atomic mass is 16.5. The number of Topliss-reactive ketones (excluding diaryl/α,β-unsaturated/α-hetero) is 1. The molecule has 1 fully saturated rings. The zero-order valence-corrected chi connectivity index (χ0v) is 12.3. The fraction of sp³-hybridized carbons (Fsp3) is 0.562. The van der Waals surface area contributed by atoms with E-state index in [9.17, 15) is 4.79 Å². The van der Waals surface area contributed by atoms with Crippen LogP contribution in [0.5, 0.6) is 5.75 Å². The third-order valence-electron chi connectivity index (χ3n) is 4.83. The smallest absolute Gasteiger partial charge is 0.190 e. The first-order valence-corrected chi connectivity index (χ1v) is 7.12. The van der Waals surface area contributed by atoms with Crippen LogP contribution in [0.2, 0.25) is 0 Å². The Morgan fingerprint density at radius 3 is 2.75 bits per heavy atom. The van der Waals surface area contributed by atoms with E-state index in [1.54, 1.807) is 14.2 Å². The molecule has 1 aromatic carbocycles. The Morgan fingerprint density at radius 1 is 1.30 bits per heavy atom. The van der Waals surface area contributed by atoms with Gasteiger partial charge in [0.1, 0.15) is 17.4 Å². The summed E-state index contributed by atoms with van der Waals surface area (Å²) in [7, 11) is 5.33. The van der Waals surface area contributed by atoms with E-state index in [0.29, 0.717) is 11.3 Å². The molecule has 0 saturated carbocycles. The van der Waals surface area contributed by atoms with Crippen molar-refractivity contribution in [3.63, 3.8) is 0 Å². The Bertz CT molecular complexity index is 543. The van der Waals surface area contributed by atoms with Gasteiger partial charge in [0, 0.05) is 7.11 Å². The van der Waals surface area contributed by atoms with E-state index in [0.717, 1.165) is 31.4 Å². The van der Waals surface area contributed by atoms with Crippen LogP contribution in [-0.2, 0) is 4.74 Å². The molecule has 2 atom stereocenters. The number of likely N-dealkylation sites (tertiary alicyclic amines) is 1. The Hall–Kier alpha value is -1.39. The van der Waals surface area contributed by atoms with Gasteiger partial charge in [-0.3, -0.25) is 9.69 Å². The van der Waals surface area contributed by atoms with Crippen molar-refractivity contribution in [1.82, 2.24) is 4.90 Å². The molecule has 2 aliphatic rings. The number of benzene rings is 1. The van der Waals surface area contributed by atoms with Crippen LogP contribution in [0, 0.1) is 0 Å². The molecule has 0 unspecified atom stereocenters. The van der Waals surface area contributed by atoms with Crippen LogP contribution < -0.4 is 4.74 Å². The summed E-state index contributed by atoms with van der Waals surface area (Å²) in [4.78, 5) is 15.3. The second kappa shape index (κ2) is 4.86. The lowest BCUT2D eigenvalue weighted by molar-refractivity contribution is -0.0399. The van der Waals surface area contributed by atoms with Gasteiger partial charge in [0.2, 0.25) is 0 Å². The molecule has 0 bridgehead atoms. The van der Waals surface area contributed by atoms with Crippen LogP contribution in [0.3, 0.4) is 0 Å². The summed E-state index contributed by atoms with van der Waals surface area (Å²) in [5, 5.41) is 0. The third kappa shape index (κ3) is 1.58. The minimum absolute atomic E-state index is 0.152. The van der Waals surface area contributed by atoms with Gasteiger partial charge in [-0.05, 0) is 44.5 Å². The maximum Gasteiger partial charge on any atom is 0.190 e. The first-order valence-electron chi connectivity index (χ1n) is 7.12. The van der Waals surface area contributed by atoms with Gasteiger partial charge >= 0.3 is 0 Å². The summed E-state index contributed by atoms with van der Waals surface area (Å²) in [5.41, 5.74) is 1.12. The lowest BCUT2D eigenvalue weighted by atomic mass is 9.81. The number of ketones is 1. The van der Waals surface area contributed by atoms with Gasteiger partial charge in [-0.1, -0.05) is 12.1 Å². The van der Waals surface area contributed by atoms with Crippen molar-refractivity contribution in [3.05, 3.63) is 29.3 Å². The summed E-state index contributed by atoms with van der Waals surface area (Å²) in [5.74, 6) is 0.810. The number of carbonyl (C=O) groups is 1. The van der Waals surface area contributed by atoms with Crippen molar-refractivity contribution in [2.45, 2.75) is 30.9 Å². The number of nitrogens with zero attached hydrogens (tertiary/aromatic N) is 1. The molecule has 1 aliphatic carbocycles. The largest absolute Gasteiger partial charge is 0.496 e. The lowest BCUT2D eigenvalue weighted by Crippen LogP contribution is -2.56. The molecule has 4 nitrogen and oxygen atoms in total. The maximum atomic E-state index is 13.1. The van der Waals surface area contributed by atoms with E-state index >= 15 is 0 Å². The van der Waals surface area contributed by atoms with Crippen molar-refractivity contribution in [1.29, 1.82) is 0 Å². The van der Waals surface area contributed by atoms with Gasteiger partial charge in [0.15, 0.2) is 5.78 Å². The second-order valence-corrected chi connectivity index (χ2v) is 5.67. The maximum absolute atomic E-state index is 13.1. The number of likely N-dealkylation sites (N-methyl/N-ethyl adjacent to an activating group) is 1. The van der Waals surface area contributed by atoms with E-state index in [2.05, 4.69) is 4.90 Å². The Morgan fingerprint density at radius 2 is 2.10 bits per heavy atom. The van der Waals surface area contributed by atoms with Gasteiger partial charge in [0.05, 0.1) is 12.7 Å². The normalized spacial score (nSPS) is 29.8. The average molecular weight is 275 g/mol. The van der Waals surface area contributed by atoms with Gasteiger partial charge in [-0.2, -0.15) is 0 Å².